The highest BCUT2D eigenvalue weighted by molar-refractivity contribution is 9.10. The standard InChI is InChI=1S/C19H23BrN2O4S/c20-19-7-12-4-13(8-19)6-18(5-12,11-19)9-16(24)26-10-15(23)21-22-17(25)14-2-1-3-27-14/h1-3,12-13H,4-11H2,(H,21,23)(H,22,25). The Balaban J connectivity index is 1.23. The Hall–Kier alpha value is -1.41. The van der Waals surface area contributed by atoms with Crippen LogP contribution in [0.4, 0.5) is 0 Å². The summed E-state index contributed by atoms with van der Waals surface area (Å²) in [5, 5.41) is 1.78. The highest BCUT2D eigenvalue weighted by Crippen LogP contribution is 2.65. The van der Waals surface area contributed by atoms with Gasteiger partial charge < -0.3 is 4.74 Å². The number of thiophene rings is 1. The number of ether oxygens (including phenoxy) is 1. The van der Waals surface area contributed by atoms with E-state index in [-0.39, 0.29) is 28.2 Å². The lowest BCUT2D eigenvalue weighted by Gasteiger charge is -2.60. The summed E-state index contributed by atoms with van der Waals surface area (Å²) in [4.78, 5) is 36.5. The van der Waals surface area contributed by atoms with Crippen LogP contribution in [0.25, 0.3) is 0 Å². The normalized spacial score (nSPS) is 33.5. The first-order valence-corrected chi connectivity index (χ1v) is 11.0. The van der Waals surface area contributed by atoms with Crippen molar-refractivity contribution in [2.45, 2.75) is 49.3 Å². The van der Waals surface area contributed by atoms with E-state index in [1.165, 1.54) is 30.6 Å². The molecule has 4 aliphatic rings. The maximum absolute atomic E-state index is 12.4. The van der Waals surface area contributed by atoms with E-state index in [9.17, 15) is 14.4 Å². The molecule has 1 aromatic rings. The fourth-order valence-corrected chi connectivity index (χ4v) is 7.81. The Bertz CT molecular complexity index is 737. The molecule has 0 radical (unpaired) electrons. The lowest BCUT2D eigenvalue weighted by molar-refractivity contribution is -0.154. The van der Waals surface area contributed by atoms with Crippen LogP contribution in [-0.4, -0.2) is 28.7 Å². The predicted molar refractivity (Wildman–Crippen MR) is 104 cm³/mol. The summed E-state index contributed by atoms with van der Waals surface area (Å²) >= 11 is 5.22. The zero-order valence-electron chi connectivity index (χ0n) is 15.0. The minimum absolute atomic E-state index is 0.0224. The molecule has 0 aliphatic heterocycles. The Kier molecular flexibility index (Phi) is 5.05. The third-order valence-electron chi connectivity index (χ3n) is 6.05. The van der Waals surface area contributed by atoms with Gasteiger partial charge in [-0.3, -0.25) is 25.2 Å². The second-order valence-corrected chi connectivity index (χ2v) is 11.1. The molecule has 2 N–H and O–H groups in total. The molecule has 1 heterocycles. The quantitative estimate of drug-likeness (QED) is 0.406. The van der Waals surface area contributed by atoms with E-state index in [0.717, 1.165) is 19.3 Å². The lowest BCUT2D eigenvalue weighted by atomic mass is 9.49. The fourth-order valence-electron chi connectivity index (χ4n) is 5.68. The van der Waals surface area contributed by atoms with Crippen molar-refractivity contribution in [1.29, 1.82) is 0 Å². The summed E-state index contributed by atoms with van der Waals surface area (Å²) in [5.41, 5.74) is 4.61. The van der Waals surface area contributed by atoms with E-state index < -0.39 is 5.91 Å². The van der Waals surface area contributed by atoms with Gasteiger partial charge in [0.1, 0.15) is 0 Å². The second kappa shape index (κ2) is 7.20. The highest BCUT2D eigenvalue weighted by atomic mass is 79.9. The molecule has 0 saturated heterocycles. The summed E-state index contributed by atoms with van der Waals surface area (Å²) in [6, 6.07) is 3.42. The van der Waals surface area contributed by atoms with Crippen LogP contribution in [0.1, 0.15) is 54.6 Å². The highest BCUT2D eigenvalue weighted by Gasteiger charge is 2.57. The molecular weight excluding hydrogens is 432 g/mol. The third kappa shape index (κ3) is 4.21. The van der Waals surface area contributed by atoms with Gasteiger partial charge in [0.25, 0.3) is 11.8 Å². The molecule has 1 aromatic heterocycles. The molecule has 2 atom stereocenters. The van der Waals surface area contributed by atoms with E-state index in [1.807, 2.05) is 0 Å². The summed E-state index contributed by atoms with van der Waals surface area (Å²) < 4.78 is 5.38. The average Bonchev–Trinajstić information content (AvgIpc) is 3.09. The number of carbonyl (C=O) groups is 3. The van der Waals surface area contributed by atoms with Crippen molar-refractivity contribution in [3.63, 3.8) is 0 Å². The number of amides is 2. The molecule has 6 nitrogen and oxygen atoms in total. The van der Waals surface area contributed by atoms with Gasteiger partial charge in [-0.2, -0.15) is 0 Å². The van der Waals surface area contributed by atoms with Crippen LogP contribution < -0.4 is 10.9 Å². The van der Waals surface area contributed by atoms with Gasteiger partial charge in [-0.15, -0.1) is 11.3 Å². The number of halogens is 1. The minimum atomic E-state index is -0.546. The largest absolute Gasteiger partial charge is 0.455 e. The second-order valence-electron chi connectivity index (χ2n) is 8.43. The molecule has 0 aromatic carbocycles. The molecule has 4 saturated carbocycles. The van der Waals surface area contributed by atoms with Crippen LogP contribution in [0, 0.1) is 17.3 Å². The van der Waals surface area contributed by atoms with E-state index in [2.05, 4.69) is 26.8 Å². The van der Waals surface area contributed by atoms with Gasteiger partial charge in [-0.1, -0.05) is 22.0 Å². The molecule has 27 heavy (non-hydrogen) atoms. The molecule has 4 bridgehead atoms. The van der Waals surface area contributed by atoms with Gasteiger partial charge in [0, 0.05) is 4.32 Å². The fraction of sp³-hybridized carbons (Fsp3) is 0.632. The lowest BCUT2D eigenvalue weighted by Crippen LogP contribution is -2.53. The summed E-state index contributed by atoms with van der Waals surface area (Å²) in [6.45, 7) is -0.383. The first kappa shape index (κ1) is 18.9. The van der Waals surface area contributed by atoms with Crippen molar-refractivity contribution < 1.29 is 19.1 Å². The van der Waals surface area contributed by atoms with Crippen molar-refractivity contribution >= 4 is 45.1 Å². The first-order chi connectivity index (χ1) is 12.8. The van der Waals surface area contributed by atoms with Crippen molar-refractivity contribution in [2.75, 3.05) is 6.61 Å². The van der Waals surface area contributed by atoms with Crippen molar-refractivity contribution in [1.82, 2.24) is 10.9 Å². The molecule has 4 aliphatic carbocycles. The SMILES string of the molecule is O=C(COC(=O)CC12CC3CC(CC(Br)(C3)C1)C2)NNC(=O)c1cccs1. The van der Waals surface area contributed by atoms with Crippen LogP contribution in [0.2, 0.25) is 0 Å². The maximum atomic E-state index is 12.4. The molecule has 2 amide bonds. The van der Waals surface area contributed by atoms with Crippen LogP contribution in [-0.2, 0) is 14.3 Å². The topological polar surface area (TPSA) is 84.5 Å². The molecule has 0 spiro atoms. The number of esters is 1. The van der Waals surface area contributed by atoms with Gasteiger partial charge >= 0.3 is 5.97 Å². The van der Waals surface area contributed by atoms with Crippen LogP contribution >= 0.6 is 27.3 Å². The van der Waals surface area contributed by atoms with Crippen LogP contribution in [0.3, 0.4) is 0 Å². The monoisotopic (exact) mass is 454 g/mol. The smallest absolute Gasteiger partial charge is 0.306 e. The molecule has 8 heteroatoms. The van der Waals surface area contributed by atoms with E-state index in [0.29, 0.717) is 23.1 Å². The predicted octanol–water partition coefficient (Wildman–Crippen LogP) is 3.18. The Labute approximate surface area is 170 Å². The van der Waals surface area contributed by atoms with E-state index >= 15 is 0 Å². The van der Waals surface area contributed by atoms with Crippen molar-refractivity contribution in [3.05, 3.63) is 22.4 Å². The first-order valence-electron chi connectivity index (χ1n) is 9.32. The molecule has 2 unspecified atom stereocenters. The Morgan fingerprint density at radius 3 is 2.56 bits per heavy atom. The van der Waals surface area contributed by atoms with Gasteiger partial charge in [0.2, 0.25) is 0 Å². The average molecular weight is 455 g/mol. The maximum Gasteiger partial charge on any atom is 0.306 e. The van der Waals surface area contributed by atoms with Crippen molar-refractivity contribution in [3.8, 4) is 0 Å². The van der Waals surface area contributed by atoms with Gasteiger partial charge in [0.05, 0.1) is 11.3 Å². The zero-order chi connectivity index (χ0) is 19.1. The number of alkyl halides is 1. The number of rotatable bonds is 5. The number of hydrazine groups is 1. The summed E-state index contributed by atoms with van der Waals surface area (Å²) in [7, 11) is 0. The zero-order valence-corrected chi connectivity index (χ0v) is 17.4. The van der Waals surface area contributed by atoms with Crippen LogP contribution in [0.5, 0.6) is 0 Å². The molecule has 5 rings (SSSR count). The van der Waals surface area contributed by atoms with E-state index in [1.54, 1.807) is 17.5 Å². The van der Waals surface area contributed by atoms with Crippen LogP contribution in [0.15, 0.2) is 17.5 Å². The number of nitrogens with one attached hydrogen (secondary N) is 2. The van der Waals surface area contributed by atoms with Crippen molar-refractivity contribution in [2.24, 2.45) is 17.3 Å². The number of hydrogen-bond acceptors (Lipinski definition) is 5. The summed E-state index contributed by atoms with van der Waals surface area (Å²) in [5.74, 6) is 0.146. The molecule has 4 fully saturated rings. The number of hydrogen-bond donors (Lipinski definition) is 2. The number of carbonyl (C=O) groups excluding carboxylic acids is 3. The van der Waals surface area contributed by atoms with E-state index in [4.69, 9.17) is 4.74 Å². The van der Waals surface area contributed by atoms with Gasteiger partial charge in [-0.25, -0.2) is 0 Å². The Morgan fingerprint density at radius 2 is 1.93 bits per heavy atom. The minimum Gasteiger partial charge on any atom is -0.455 e. The van der Waals surface area contributed by atoms with Gasteiger partial charge in [0.15, 0.2) is 6.61 Å². The summed E-state index contributed by atoms with van der Waals surface area (Å²) in [6.07, 6.45) is 7.30. The molecule has 146 valence electrons. The Morgan fingerprint density at radius 1 is 1.19 bits per heavy atom. The third-order valence-corrected chi connectivity index (χ3v) is 7.85. The van der Waals surface area contributed by atoms with Gasteiger partial charge in [-0.05, 0) is 67.2 Å². The molecular formula is C19H23BrN2O4S.